The van der Waals surface area contributed by atoms with Crippen molar-refractivity contribution in [1.29, 1.82) is 0 Å². The third-order valence-electron chi connectivity index (χ3n) is 4.06. The maximum atomic E-state index is 10.8. The smallest absolute Gasteiger partial charge is 0.265 e. The number of nitrogens with zero attached hydrogens (tertiary/aromatic N) is 2. The van der Waals surface area contributed by atoms with Crippen LogP contribution in [0.1, 0.15) is 6.42 Å². The van der Waals surface area contributed by atoms with Crippen LogP contribution in [0.4, 0.5) is 0 Å². The first-order valence-electron chi connectivity index (χ1n) is 8.63. The highest BCUT2D eigenvalue weighted by atomic mass is 32.2. The van der Waals surface area contributed by atoms with Crippen molar-refractivity contribution in [3.8, 4) is 26.8 Å². The van der Waals surface area contributed by atoms with Gasteiger partial charge in [-0.25, -0.2) is 14.8 Å². The van der Waals surface area contributed by atoms with Crippen LogP contribution >= 0.6 is 23.4 Å². The minimum absolute atomic E-state index is 0.269. The molecule has 2 N–H and O–H groups in total. The Bertz CT molecular complexity index is 1090. The van der Waals surface area contributed by atoms with E-state index in [1.54, 1.807) is 12.3 Å². The van der Waals surface area contributed by atoms with Crippen LogP contribution in [-0.4, -0.2) is 36.1 Å². The second-order valence-electron chi connectivity index (χ2n) is 6.09. The fourth-order valence-corrected chi connectivity index (χ4v) is 4.59. The van der Waals surface area contributed by atoms with E-state index in [0.717, 1.165) is 33.1 Å². The van der Waals surface area contributed by atoms with Crippen LogP contribution in [0.5, 0.6) is 5.75 Å². The minimum atomic E-state index is -3.94. The molecule has 0 spiro atoms. The van der Waals surface area contributed by atoms with Gasteiger partial charge in [-0.05, 0) is 23.8 Å². The quantitative estimate of drug-likeness (QED) is 0.151. The molecule has 0 amide bonds. The number of hydrogen-bond acceptors (Lipinski definition) is 9. The topological polar surface area (TPSA) is 119 Å². The van der Waals surface area contributed by atoms with Gasteiger partial charge in [0.2, 0.25) is 0 Å². The Kier molecular flexibility index (Phi) is 7.77. The summed E-state index contributed by atoms with van der Waals surface area (Å²) in [4.78, 5) is 6.05. The second kappa shape index (κ2) is 10.3. The van der Waals surface area contributed by atoms with Crippen LogP contribution in [0, 0.1) is 0 Å². The number of ether oxygens (including phenoxy) is 1. The molecular formula is C18H19N2O7S3+. The Balaban J connectivity index is 1.73. The summed E-state index contributed by atoms with van der Waals surface area (Å²) in [5.41, 5.74) is 1.83. The molecule has 2 heterocycles. The number of rotatable bonds is 10. The Hall–Kier alpha value is -2.06. The van der Waals surface area contributed by atoms with Gasteiger partial charge < -0.3 is 4.74 Å². The third-order valence-corrected chi connectivity index (χ3v) is 6.59. The molecule has 0 radical (unpaired) electrons. The maximum absolute atomic E-state index is 10.8. The van der Waals surface area contributed by atoms with Gasteiger partial charge in [0.1, 0.15) is 17.3 Å². The lowest BCUT2D eigenvalue weighted by Gasteiger charge is -2.07. The van der Waals surface area contributed by atoms with E-state index in [4.69, 9.17) is 14.5 Å². The molecule has 12 heteroatoms. The fourth-order valence-electron chi connectivity index (χ4n) is 2.67. The van der Waals surface area contributed by atoms with Gasteiger partial charge in [-0.15, -0.1) is 15.7 Å². The van der Waals surface area contributed by atoms with Crippen LogP contribution in [0.25, 0.3) is 21.0 Å². The molecule has 0 aliphatic heterocycles. The Morgan fingerprint density at radius 2 is 1.97 bits per heavy atom. The predicted molar refractivity (Wildman–Crippen MR) is 111 cm³/mol. The summed E-state index contributed by atoms with van der Waals surface area (Å²) in [7, 11) is -2.40. The molecule has 0 unspecified atom stereocenters. The van der Waals surface area contributed by atoms with E-state index in [1.165, 1.54) is 18.4 Å². The van der Waals surface area contributed by atoms with E-state index in [2.05, 4.69) is 14.4 Å². The largest absolute Gasteiger partial charge is 0.495 e. The summed E-state index contributed by atoms with van der Waals surface area (Å²) in [6.45, 7) is 0.481. The lowest BCUT2D eigenvalue weighted by atomic mass is 10.2. The maximum Gasteiger partial charge on any atom is 0.265 e. The van der Waals surface area contributed by atoms with Crippen LogP contribution in [-0.2, 0) is 26.0 Å². The zero-order valence-corrected chi connectivity index (χ0v) is 18.2. The second-order valence-corrected chi connectivity index (χ2v) is 9.43. The van der Waals surface area contributed by atoms with Crippen molar-refractivity contribution >= 4 is 33.5 Å². The zero-order chi connectivity index (χ0) is 21.6. The van der Waals surface area contributed by atoms with Crippen molar-refractivity contribution in [2.45, 2.75) is 17.9 Å². The highest BCUT2D eigenvalue weighted by Crippen LogP contribution is 2.37. The summed E-state index contributed by atoms with van der Waals surface area (Å²) in [6.07, 6.45) is 5.78. The first-order valence-corrected chi connectivity index (χ1v) is 11.8. The van der Waals surface area contributed by atoms with E-state index in [0.29, 0.717) is 23.6 Å². The van der Waals surface area contributed by atoms with Gasteiger partial charge in [-0.2, -0.15) is 8.42 Å². The average Bonchev–Trinajstić information content (AvgIpc) is 3.22. The van der Waals surface area contributed by atoms with Gasteiger partial charge >= 0.3 is 0 Å². The molecule has 0 saturated carbocycles. The van der Waals surface area contributed by atoms with Crippen molar-refractivity contribution < 1.29 is 36.9 Å². The molecule has 3 aromatic rings. The SMILES string of the molecule is COc1ccc(-c2cnc(-c3cc[n+](CCCS(=O)(=O)O)cc3)s2)cc1SOOO. The summed E-state index contributed by atoms with van der Waals surface area (Å²) in [5, 5.41) is 12.9. The highest BCUT2D eigenvalue weighted by Gasteiger charge is 2.13. The molecule has 0 atom stereocenters. The minimum Gasteiger partial charge on any atom is -0.495 e. The normalized spacial score (nSPS) is 11.6. The van der Waals surface area contributed by atoms with Gasteiger partial charge in [0.15, 0.2) is 12.4 Å². The van der Waals surface area contributed by atoms with E-state index < -0.39 is 10.1 Å². The summed E-state index contributed by atoms with van der Waals surface area (Å²) in [5.74, 6) is 0.307. The number of thiazole rings is 1. The number of methoxy groups -OCH3 is 1. The number of benzene rings is 1. The summed E-state index contributed by atoms with van der Waals surface area (Å²) >= 11 is 2.33. The highest BCUT2D eigenvalue weighted by molar-refractivity contribution is 7.94. The molecule has 0 bridgehead atoms. The number of pyridine rings is 1. The molecule has 2 aromatic heterocycles. The van der Waals surface area contributed by atoms with E-state index >= 15 is 0 Å². The zero-order valence-electron chi connectivity index (χ0n) is 15.8. The van der Waals surface area contributed by atoms with Gasteiger partial charge in [-0.1, -0.05) is 5.04 Å². The number of hydrogen-bond donors (Lipinski definition) is 2. The van der Waals surface area contributed by atoms with Gasteiger partial charge in [0.05, 0.1) is 34.7 Å². The van der Waals surface area contributed by atoms with Gasteiger partial charge in [-0.3, -0.25) is 4.55 Å². The molecule has 0 saturated heterocycles. The lowest BCUT2D eigenvalue weighted by molar-refractivity contribution is -0.696. The average molecular weight is 472 g/mol. The predicted octanol–water partition coefficient (Wildman–Crippen LogP) is 3.48. The molecule has 3 rings (SSSR count). The third kappa shape index (κ3) is 6.22. The molecule has 1 aromatic carbocycles. The molecule has 30 heavy (non-hydrogen) atoms. The van der Waals surface area contributed by atoms with Gasteiger partial charge in [0.25, 0.3) is 10.1 Å². The first-order chi connectivity index (χ1) is 14.4. The van der Waals surface area contributed by atoms with Crippen molar-refractivity contribution in [3.05, 3.63) is 48.9 Å². The van der Waals surface area contributed by atoms with E-state index in [-0.39, 0.29) is 5.75 Å². The molecule has 0 aliphatic rings. The Morgan fingerprint density at radius 1 is 1.20 bits per heavy atom. The van der Waals surface area contributed by atoms with Crippen LogP contribution < -0.4 is 9.30 Å². The van der Waals surface area contributed by atoms with Crippen LogP contribution in [0.15, 0.2) is 53.8 Å². The summed E-state index contributed by atoms with van der Waals surface area (Å²) in [6, 6.07) is 9.33. The molecular weight excluding hydrogens is 452 g/mol. The lowest BCUT2D eigenvalue weighted by Crippen LogP contribution is -2.33. The standard InChI is InChI=1S/C18H18N2O7S3/c1-25-15-4-3-14(11-16(15)29-27-26-21)17-12-19-18(28-17)13-5-8-20(9-6-13)7-2-10-30(22,23)24/h3-6,8-9,11-12H,2,7,10H2,1H3,(H-,21,22,23,24)/p+1. The number of aromatic nitrogens is 2. The molecule has 160 valence electrons. The first kappa shape index (κ1) is 22.6. The van der Waals surface area contributed by atoms with Crippen molar-refractivity contribution in [2.24, 2.45) is 0 Å². The van der Waals surface area contributed by atoms with E-state index in [1.807, 2.05) is 41.2 Å². The van der Waals surface area contributed by atoms with E-state index in [9.17, 15) is 8.42 Å². The molecule has 0 fully saturated rings. The molecule has 0 aliphatic carbocycles. The molecule has 9 nitrogen and oxygen atoms in total. The van der Waals surface area contributed by atoms with Crippen LogP contribution in [0.3, 0.4) is 0 Å². The fraction of sp³-hybridized carbons (Fsp3) is 0.222. The Labute approximate surface area is 181 Å². The van der Waals surface area contributed by atoms with Crippen molar-refractivity contribution in [2.75, 3.05) is 12.9 Å². The van der Waals surface area contributed by atoms with Crippen LogP contribution in [0.2, 0.25) is 0 Å². The van der Waals surface area contributed by atoms with Gasteiger partial charge in [0, 0.05) is 30.3 Å². The van der Waals surface area contributed by atoms with Crippen molar-refractivity contribution in [1.82, 2.24) is 4.98 Å². The monoisotopic (exact) mass is 471 g/mol. The van der Waals surface area contributed by atoms with Crippen molar-refractivity contribution in [3.63, 3.8) is 0 Å². The number of aryl methyl sites for hydroxylation is 1. The Morgan fingerprint density at radius 3 is 2.63 bits per heavy atom. The summed E-state index contributed by atoms with van der Waals surface area (Å²) < 4.78 is 42.0.